The summed E-state index contributed by atoms with van der Waals surface area (Å²) >= 11 is 0. The Bertz CT molecular complexity index is 548. The van der Waals surface area contributed by atoms with E-state index < -0.39 is 11.9 Å². The topological polar surface area (TPSA) is 104 Å². The van der Waals surface area contributed by atoms with Gasteiger partial charge in [-0.2, -0.15) is 0 Å². The summed E-state index contributed by atoms with van der Waals surface area (Å²) in [6, 6.07) is 9.36. The van der Waals surface area contributed by atoms with Crippen molar-refractivity contribution in [1.82, 2.24) is 0 Å². The molecular weight excluding hydrogens is 324 g/mol. The number of aliphatic hydroxyl groups is 1. The van der Waals surface area contributed by atoms with E-state index in [1.807, 2.05) is 30.3 Å². The minimum absolute atomic E-state index is 0. The summed E-state index contributed by atoms with van der Waals surface area (Å²) < 4.78 is 10.1. The van der Waals surface area contributed by atoms with Crippen molar-refractivity contribution in [3.05, 3.63) is 72.9 Å². The summed E-state index contributed by atoms with van der Waals surface area (Å²) in [5.74, 6) is -0.875. The van der Waals surface area contributed by atoms with Gasteiger partial charge in [0.2, 0.25) is 0 Å². The standard InChI is InChI=1S/C18H20O4.CH4O.H2O/c1-3-8-15(4-2)13-21-17(19)11-12-18(20)22-14-16-9-6-5-7-10-16;1-2;/h3-10H,1-2,11-14H2;2H,1H3;1H2/b15-8+;;. The highest BCUT2D eigenvalue weighted by Gasteiger charge is 2.09. The van der Waals surface area contributed by atoms with Crippen molar-refractivity contribution < 1.29 is 29.6 Å². The summed E-state index contributed by atoms with van der Waals surface area (Å²) in [5.41, 5.74) is 1.65. The Morgan fingerprint density at radius 3 is 2.12 bits per heavy atom. The zero-order valence-corrected chi connectivity index (χ0v) is 14.4. The number of hydrogen-bond donors (Lipinski definition) is 1. The second kappa shape index (κ2) is 16.2. The molecule has 138 valence electrons. The first-order valence-electron chi connectivity index (χ1n) is 7.39. The van der Waals surface area contributed by atoms with E-state index in [2.05, 4.69) is 13.2 Å². The second-order valence-electron chi connectivity index (χ2n) is 4.49. The molecule has 1 aromatic rings. The number of benzene rings is 1. The molecule has 0 aliphatic rings. The first kappa shape index (κ1) is 24.6. The Morgan fingerprint density at radius 2 is 1.60 bits per heavy atom. The molecule has 0 bridgehead atoms. The van der Waals surface area contributed by atoms with E-state index in [9.17, 15) is 9.59 Å². The third-order valence-electron chi connectivity index (χ3n) is 2.77. The van der Waals surface area contributed by atoms with Crippen LogP contribution in [0, 0.1) is 0 Å². The van der Waals surface area contributed by atoms with Gasteiger partial charge in [0.05, 0.1) is 12.8 Å². The summed E-state index contributed by atoms with van der Waals surface area (Å²) in [7, 11) is 1.00. The molecule has 0 amide bonds. The molecule has 0 aromatic heterocycles. The number of ether oxygens (including phenoxy) is 2. The molecule has 0 unspecified atom stereocenters. The number of carbonyl (C=O) groups is 2. The number of hydrogen-bond acceptors (Lipinski definition) is 5. The Balaban J connectivity index is 0. The van der Waals surface area contributed by atoms with Gasteiger partial charge in [-0.05, 0) is 11.1 Å². The van der Waals surface area contributed by atoms with E-state index in [4.69, 9.17) is 14.6 Å². The van der Waals surface area contributed by atoms with E-state index in [1.54, 1.807) is 18.2 Å². The van der Waals surface area contributed by atoms with Crippen molar-refractivity contribution in [2.45, 2.75) is 19.4 Å². The monoisotopic (exact) mass is 350 g/mol. The van der Waals surface area contributed by atoms with Crippen molar-refractivity contribution in [1.29, 1.82) is 0 Å². The molecule has 0 aliphatic carbocycles. The largest absolute Gasteiger partial charge is 0.461 e. The Labute approximate surface area is 148 Å². The average molecular weight is 350 g/mol. The molecule has 0 saturated heterocycles. The molecule has 6 heteroatoms. The van der Waals surface area contributed by atoms with Crippen molar-refractivity contribution >= 4 is 11.9 Å². The van der Waals surface area contributed by atoms with Crippen LogP contribution < -0.4 is 0 Å². The van der Waals surface area contributed by atoms with E-state index in [0.29, 0.717) is 0 Å². The Hall–Kier alpha value is -2.70. The smallest absolute Gasteiger partial charge is 0.306 e. The molecule has 3 N–H and O–H groups in total. The Kier molecular flexibility index (Phi) is 15.9. The normalized spacial score (nSPS) is 9.60. The fraction of sp³-hybridized carbons (Fsp3) is 0.263. The lowest BCUT2D eigenvalue weighted by atomic mass is 10.2. The molecule has 25 heavy (non-hydrogen) atoms. The minimum atomic E-state index is -0.450. The number of allylic oxidation sites excluding steroid dienone is 2. The lowest BCUT2D eigenvalue weighted by molar-refractivity contribution is -0.150. The van der Waals surface area contributed by atoms with Crippen LogP contribution in [0.4, 0.5) is 0 Å². The van der Waals surface area contributed by atoms with Crippen LogP contribution in [-0.4, -0.2) is 36.2 Å². The number of esters is 2. The van der Waals surface area contributed by atoms with E-state index in [0.717, 1.165) is 18.2 Å². The van der Waals surface area contributed by atoms with Crippen molar-refractivity contribution in [3.8, 4) is 0 Å². The van der Waals surface area contributed by atoms with Crippen LogP contribution in [0.3, 0.4) is 0 Å². The fourth-order valence-electron chi connectivity index (χ4n) is 1.58. The second-order valence-corrected chi connectivity index (χ2v) is 4.49. The SMILES string of the molecule is C=C/C=C(\C=C)COC(=O)CCC(=O)OCc1ccccc1.CO.O. The molecule has 0 heterocycles. The zero-order chi connectivity index (χ0) is 18.2. The van der Waals surface area contributed by atoms with Crippen LogP contribution in [0.2, 0.25) is 0 Å². The zero-order valence-electron chi connectivity index (χ0n) is 14.4. The van der Waals surface area contributed by atoms with Crippen molar-refractivity contribution in [2.75, 3.05) is 13.7 Å². The lowest BCUT2D eigenvalue weighted by Gasteiger charge is -2.06. The summed E-state index contributed by atoms with van der Waals surface area (Å²) in [5, 5.41) is 7.00. The van der Waals surface area contributed by atoms with Gasteiger partial charge in [-0.3, -0.25) is 9.59 Å². The Morgan fingerprint density at radius 1 is 1.04 bits per heavy atom. The van der Waals surface area contributed by atoms with Crippen molar-refractivity contribution in [3.63, 3.8) is 0 Å². The molecule has 0 spiro atoms. The van der Waals surface area contributed by atoms with Gasteiger partial charge >= 0.3 is 11.9 Å². The van der Waals surface area contributed by atoms with Crippen LogP contribution in [0.15, 0.2) is 67.3 Å². The van der Waals surface area contributed by atoms with E-state index in [-0.39, 0.29) is 31.5 Å². The maximum absolute atomic E-state index is 11.5. The van der Waals surface area contributed by atoms with Gasteiger partial charge < -0.3 is 20.1 Å². The van der Waals surface area contributed by atoms with Crippen LogP contribution in [-0.2, 0) is 25.7 Å². The molecular formula is C19H26O6. The van der Waals surface area contributed by atoms with Gasteiger partial charge in [0.1, 0.15) is 13.2 Å². The molecule has 0 atom stereocenters. The number of aliphatic hydroxyl groups excluding tert-OH is 1. The first-order valence-corrected chi connectivity index (χ1v) is 7.39. The summed E-state index contributed by atoms with van der Waals surface area (Å²) in [4.78, 5) is 23.1. The maximum Gasteiger partial charge on any atom is 0.306 e. The highest BCUT2D eigenvalue weighted by Crippen LogP contribution is 2.04. The number of rotatable bonds is 9. The number of carbonyl (C=O) groups excluding carboxylic acids is 2. The molecule has 1 rings (SSSR count). The third kappa shape index (κ3) is 12.4. The molecule has 6 nitrogen and oxygen atoms in total. The molecule has 0 aliphatic heterocycles. The molecule has 0 radical (unpaired) electrons. The van der Waals surface area contributed by atoms with Crippen molar-refractivity contribution in [2.24, 2.45) is 0 Å². The van der Waals surface area contributed by atoms with Gasteiger partial charge in [-0.15, -0.1) is 0 Å². The maximum atomic E-state index is 11.5. The summed E-state index contributed by atoms with van der Waals surface area (Å²) in [6.45, 7) is 7.48. The van der Waals surface area contributed by atoms with Gasteiger partial charge in [-0.25, -0.2) is 0 Å². The van der Waals surface area contributed by atoms with Gasteiger partial charge in [0, 0.05) is 7.11 Å². The fourth-order valence-corrected chi connectivity index (χ4v) is 1.58. The van der Waals surface area contributed by atoms with E-state index in [1.165, 1.54) is 0 Å². The molecule has 0 fully saturated rings. The summed E-state index contributed by atoms with van der Waals surface area (Å²) in [6.07, 6.45) is 4.87. The van der Waals surface area contributed by atoms with Gasteiger partial charge in [0.15, 0.2) is 0 Å². The van der Waals surface area contributed by atoms with E-state index >= 15 is 0 Å². The highest BCUT2D eigenvalue weighted by molar-refractivity contribution is 5.77. The minimum Gasteiger partial charge on any atom is -0.461 e. The van der Waals surface area contributed by atoms with Crippen LogP contribution >= 0.6 is 0 Å². The highest BCUT2D eigenvalue weighted by atomic mass is 16.5. The first-order chi connectivity index (χ1) is 11.7. The van der Waals surface area contributed by atoms with Gasteiger partial charge in [0.25, 0.3) is 0 Å². The quantitative estimate of drug-likeness (QED) is 0.543. The molecule has 1 aromatic carbocycles. The van der Waals surface area contributed by atoms with Crippen LogP contribution in [0.5, 0.6) is 0 Å². The predicted octanol–water partition coefficient (Wildman–Crippen LogP) is 2.14. The molecule has 0 saturated carbocycles. The lowest BCUT2D eigenvalue weighted by Crippen LogP contribution is -2.11. The van der Waals surface area contributed by atoms with Crippen LogP contribution in [0.1, 0.15) is 18.4 Å². The predicted molar refractivity (Wildman–Crippen MR) is 96.7 cm³/mol. The third-order valence-corrected chi connectivity index (χ3v) is 2.77. The van der Waals surface area contributed by atoms with Crippen LogP contribution in [0.25, 0.3) is 0 Å². The average Bonchev–Trinajstić information content (AvgIpc) is 2.64. The van der Waals surface area contributed by atoms with Gasteiger partial charge in [-0.1, -0.05) is 61.7 Å².